The molecule has 4 rings (SSSR count). The number of piperidine rings is 2. The fourth-order valence-electron chi connectivity index (χ4n) is 5.12. The van der Waals surface area contributed by atoms with Crippen molar-refractivity contribution in [3.63, 3.8) is 0 Å². The number of likely N-dealkylation sites (tertiary alicyclic amines) is 1. The molecule has 9 nitrogen and oxygen atoms in total. The topological polar surface area (TPSA) is 116 Å². The van der Waals surface area contributed by atoms with Crippen LogP contribution in [0.25, 0.3) is 0 Å². The Kier molecular flexibility index (Phi) is 8.15. The summed E-state index contributed by atoms with van der Waals surface area (Å²) in [5.74, 6) is -1.71. The van der Waals surface area contributed by atoms with Crippen molar-refractivity contribution < 1.29 is 24.0 Å². The van der Waals surface area contributed by atoms with Gasteiger partial charge in [-0.1, -0.05) is 25.3 Å². The number of nitrogens with one attached hydrogen (secondary N) is 2. The van der Waals surface area contributed by atoms with Crippen LogP contribution in [0, 0.1) is 0 Å². The van der Waals surface area contributed by atoms with Crippen LogP contribution in [-0.4, -0.2) is 65.0 Å². The van der Waals surface area contributed by atoms with Gasteiger partial charge in [0, 0.05) is 38.2 Å². The molecule has 2 fully saturated rings. The lowest BCUT2D eigenvalue weighted by Crippen LogP contribution is -2.54. The Morgan fingerprint density at radius 1 is 0.943 bits per heavy atom. The molecule has 0 bridgehead atoms. The fourth-order valence-corrected chi connectivity index (χ4v) is 5.12. The van der Waals surface area contributed by atoms with Crippen molar-refractivity contribution in [2.75, 3.05) is 25.0 Å². The van der Waals surface area contributed by atoms with Crippen molar-refractivity contribution in [1.29, 1.82) is 0 Å². The van der Waals surface area contributed by atoms with E-state index in [1.165, 1.54) is 6.42 Å². The fraction of sp³-hybridized carbons (Fsp3) is 0.577. The van der Waals surface area contributed by atoms with E-state index in [1.54, 1.807) is 18.2 Å². The van der Waals surface area contributed by atoms with Crippen LogP contribution in [0.5, 0.6) is 0 Å². The lowest BCUT2D eigenvalue weighted by molar-refractivity contribution is -0.136. The van der Waals surface area contributed by atoms with Gasteiger partial charge in [-0.05, 0) is 50.7 Å². The summed E-state index contributed by atoms with van der Waals surface area (Å²) >= 11 is 0. The van der Waals surface area contributed by atoms with Crippen LogP contribution in [0.15, 0.2) is 18.2 Å². The predicted molar refractivity (Wildman–Crippen MR) is 130 cm³/mol. The Morgan fingerprint density at radius 2 is 1.69 bits per heavy atom. The molecule has 1 atom stereocenters. The monoisotopic (exact) mass is 482 g/mol. The summed E-state index contributed by atoms with van der Waals surface area (Å²) in [4.78, 5) is 64.9. The number of benzene rings is 1. The van der Waals surface area contributed by atoms with Crippen LogP contribution >= 0.6 is 0 Å². The Bertz CT molecular complexity index is 1000. The second-order valence-electron chi connectivity index (χ2n) is 9.56. The molecule has 35 heavy (non-hydrogen) atoms. The molecule has 9 heteroatoms. The molecule has 3 aliphatic heterocycles. The van der Waals surface area contributed by atoms with Crippen molar-refractivity contribution in [3.05, 3.63) is 29.3 Å². The zero-order chi connectivity index (χ0) is 24.8. The molecule has 3 aliphatic rings. The molecule has 0 radical (unpaired) electrons. The summed E-state index contributed by atoms with van der Waals surface area (Å²) in [6.07, 6.45) is 9.25. The van der Waals surface area contributed by atoms with Gasteiger partial charge in [-0.2, -0.15) is 0 Å². The Balaban J connectivity index is 1.21. The lowest BCUT2D eigenvalue weighted by atomic mass is 10.0. The van der Waals surface area contributed by atoms with Crippen molar-refractivity contribution >= 4 is 35.2 Å². The Hall–Kier alpha value is -3.23. The predicted octanol–water partition coefficient (Wildman–Crippen LogP) is 2.85. The van der Waals surface area contributed by atoms with Gasteiger partial charge in [0.1, 0.15) is 6.04 Å². The number of nitrogens with zero attached hydrogens (tertiary/aromatic N) is 2. The van der Waals surface area contributed by atoms with Crippen LogP contribution in [0.1, 0.15) is 91.3 Å². The zero-order valence-corrected chi connectivity index (χ0v) is 20.1. The maximum atomic E-state index is 13.1. The minimum atomic E-state index is -0.963. The van der Waals surface area contributed by atoms with Crippen molar-refractivity contribution in [1.82, 2.24) is 15.1 Å². The number of imide groups is 2. The number of amides is 5. The van der Waals surface area contributed by atoms with Crippen LogP contribution in [0.2, 0.25) is 0 Å². The van der Waals surface area contributed by atoms with Gasteiger partial charge in [0.25, 0.3) is 11.8 Å². The largest absolute Gasteiger partial charge is 0.384 e. The molecule has 1 aromatic carbocycles. The molecule has 0 aliphatic carbocycles. The van der Waals surface area contributed by atoms with Gasteiger partial charge in [0.15, 0.2) is 0 Å². The molecule has 2 N–H and O–H groups in total. The van der Waals surface area contributed by atoms with Gasteiger partial charge < -0.3 is 10.2 Å². The van der Waals surface area contributed by atoms with E-state index in [4.69, 9.17) is 0 Å². The third-order valence-corrected chi connectivity index (χ3v) is 7.06. The highest BCUT2D eigenvalue weighted by Gasteiger charge is 2.45. The molecule has 5 amide bonds. The first-order valence-corrected chi connectivity index (χ1v) is 12.8. The van der Waals surface area contributed by atoms with Gasteiger partial charge in [0.05, 0.1) is 11.1 Å². The van der Waals surface area contributed by atoms with E-state index in [0.29, 0.717) is 24.2 Å². The molecule has 188 valence electrons. The van der Waals surface area contributed by atoms with Gasteiger partial charge in [-0.3, -0.25) is 34.2 Å². The number of hydrogen-bond donors (Lipinski definition) is 2. The molecule has 1 unspecified atom stereocenters. The number of hydrogen-bond acceptors (Lipinski definition) is 6. The Morgan fingerprint density at radius 3 is 2.46 bits per heavy atom. The molecular weight excluding hydrogens is 448 g/mol. The van der Waals surface area contributed by atoms with E-state index in [-0.39, 0.29) is 30.2 Å². The van der Waals surface area contributed by atoms with E-state index in [2.05, 4.69) is 10.6 Å². The lowest BCUT2D eigenvalue weighted by Gasteiger charge is -2.27. The molecular formula is C26H34N4O5. The van der Waals surface area contributed by atoms with Gasteiger partial charge in [-0.25, -0.2) is 0 Å². The molecule has 0 saturated carbocycles. The van der Waals surface area contributed by atoms with Crippen LogP contribution in [-0.2, 0) is 14.4 Å². The normalized spacial score (nSPS) is 20.2. The highest BCUT2D eigenvalue weighted by molar-refractivity contribution is 6.25. The minimum absolute atomic E-state index is 0.0985. The average molecular weight is 483 g/mol. The van der Waals surface area contributed by atoms with Crippen LogP contribution < -0.4 is 10.6 Å². The molecule has 2 saturated heterocycles. The quantitative estimate of drug-likeness (QED) is 0.391. The van der Waals surface area contributed by atoms with E-state index in [1.807, 2.05) is 4.90 Å². The van der Waals surface area contributed by atoms with Crippen LogP contribution in [0.3, 0.4) is 0 Å². The first-order valence-electron chi connectivity index (χ1n) is 12.8. The van der Waals surface area contributed by atoms with E-state index in [0.717, 1.165) is 62.9 Å². The molecule has 1 aromatic rings. The summed E-state index contributed by atoms with van der Waals surface area (Å²) in [7, 11) is 0. The van der Waals surface area contributed by atoms with E-state index < -0.39 is 23.8 Å². The molecule has 0 aromatic heterocycles. The number of fused-ring (bicyclic) bond motifs is 1. The summed E-state index contributed by atoms with van der Waals surface area (Å²) in [6.45, 7) is 2.48. The molecule has 3 heterocycles. The maximum absolute atomic E-state index is 13.1. The minimum Gasteiger partial charge on any atom is -0.384 e. The number of anilines is 1. The van der Waals surface area contributed by atoms with E-state index >= 15 is 0 Å². The maximum Gasteiger partial charge on any atom is 0.264 e. The third kappa shape index (κ3) is 5.71. The van der Waals surface area contributed by atoms with E-state index in [9.17, 15) is 24.0 Å². The summed E-state index contributed by atoms with van der Waals surface area (Å²) in [6, 6.07) is 4.12. The standard InChI is InChI=1S/C26H34N4O5/c31-21-14-13-20(24(33)28-21)30-25(34)18-10-9-11-19(23(18)26(30)35)27-15-6-3-1-2-5-12-22(32)29-16-7-4-8-17-29/h9-11,20,27H,1-8,12-17H2,(H,28,31,33). The highest BCUT2D eigenvalue weighted by Crippen LogP contribution is 2.32. The average Bonchev–Trinajstić information content (AvgIpc) is 3.11. The highest BCUT2D eigenvalue weighted by atomic mass is 16.2. The second-order valence-corrected chi connectivity index (χ2v) is 9.56. The number of rotatable bonds is 10. The summed E-state index contributed by atoms with van der Waals surface area (Å²) in [5, 5.41) is 5.49. The summed E-state index contributed by atoms with van der Waals surface area (Å²) < 4.78 is 0. The first kappa shape index (κ1) is 24.9. The third-order valence-electron chi connectivity index (χ3n) is 7.06. The SMILES string of the molecule is O=C1CCC(N2C(=O)c3cccc(NCCCCCCCC(=O)N4CCCCC4)c3C2=O)C(=O)N1. The first-order chi connectivity index (χ1) is 17.0. The smallest absolute Gasteiger partial charge is 0.264 e. The zero-order valence-electron chi connectivity index (χ0n) is 20.1. The van der Waals surface area contributed by atoms with Gasteiger partial charge >= 0.3 is 0 Å². The van der Waals surface area contributed by atoms with Gasteiger partial charge in [-0.15, -0.1) is 0 Å². The number of carbonyl (C=O) groups excluding carboxylic acids is 5. The van der Waals surface area contributed by atoms with Crippen LogP contribution in [0.4, 0.5) is 5.69 Å². The number of carbonyl (C=O) groups is 5. The Labute approximate surface area is 205 Å². The number of unbranched alkanes of at least 4 members (excludes halogenated alkanes) is 4. The second kappa shape index (κ2) is 11.5. The molecule has 0 spiro atoms. The van der Waals surface area contributed by atoms with Crippen molar-refractivity contribution in [3.8, 4) is 0 Å². The van der Waals surface area contributed by atoms with Crippen molar-refractivity contribution in [2.45, 2.75) is 76.7 Å². The van der Waals surface area contributed by atoms with Gasteiger partial charge in [0.2, 0.25) is 17.7 Å². The summed E-state index contributed by atoms with van der Waals surface area (Å²) in [5.41, 5.74) is 1.16. The van der Waals surface area contributed by atoms with Crippen molar-refractivity contribution in [2.24, 2.45) is 0 Å².